The lowest BCUT2D eigenvalue weighted by atomic mass is 10.1. The fourth-order valence-corrected chi connectivity index (χ4v) is 2.77. The van der Waals surface area contributed by atoms with Crippen LogP contribution in [0.3, 0.4) is 0 Å². The van der Waals surface area contributed by atoms with Crippen molar-refractivity contribution in [2.45, 2.75) is 38.6 Å². The van der Waals surface area contributed by atoms with E-state index in [2.05, 4.69) is 44.4 Å². The van der Waals surface area contributed by atoms with Crippen LogP contribution in [0.15, 0.2) is 27.2 Å². The molecule has 0 bridgehead atoms. The van der Waals surface area contributed by atoms with Crippen LogP contribution in [0.1, 0.15) is 43.1 Å². The van der Waals surface area contributed by atoms with E-state index in [0.717, 1.165) is 34.4 Å². The highest BCUT2D eigenvalue weighted by Crippen LogP contribution is 2.26. The first-order chi connectivity index (χ1) is 9.74. The van der Waals surface area contributed by atoms with Crippen LogP contribution in [-0.2, 0) is 0 Å². The first kappa shape index (κ1) is 13.8. The van der Waals surface area contributed by atoms with Crippen LogP contribution in [0.5, 0.6) is 0 Å². The van der Waals surface area contributed by atoms with Gasteiger partial charge in [-0.05, 0) is 50.1 Å². The van der Waals surface area contributed by atoms with E-state index in [4.69, 9.17) is 4.52 Å². The minimum atomic E-state index is 0.228. The first-order valence-corrected chi connectivity index (χ1v) is 7.87. The van der Waals surface area contributed by atoms with Crippen molar-refractivity contribution in [3.8, 4) is 11.5 Å². The summed E-state index contributed by atoms with van der Waals surface area (Å²) >= 11 is 3.50. The summed E-state index contributed by atoms with van der Waals surface area (Å²) in [5.74, 6) is 1.38. The van der Waals surface area contributed by atoms with Crippen LogP contribution in [-0.4, -0.2) is 16.7 Å². The Hall–Kier alpha value is -1.20. The molecule has 2 aromatic rings. The van der Waals surface area contributed by atoms with Gasteiger partial charge in [-0.1, -0.05) is 33.9 Å². The molecule has 1 aliphatic heterocycles. The van der Waals surface area contributed by atoms with Gasteiger partial charge < -0.3 is 9.84 Å². The summed E-state index contributed by atoms with van der Waals surface area (Å²) in [7, 11) is 0. The molecule has 1 saturated heterocycles. The summed E-state index contributed by atoms with van der Waals surface area (Å²) in [4.78, 5) is 4.56. The van der Waals surface area contributed by atoms with E-state index in [0.29, 0.717) is 5.89 Å². The molecule has 0 spiro atoms. The second kappa shape index (κ2) is 6.06. The van der Waals surface area contributed by atoms with Crippen molar-refractivity contribution in [1.82, 2.24) is 15.5 Å². The molecule has 2 heterocycles. The zero-order chi connectivity index (χ0) is 13.9. The summed E-state index contributed by atoms with van der Waals surface area (Å²) in [6.07, 6.45) is 4.81. The van der Waals surface area contributed by atoms with E-state index >= 15 is 0 Å². The van der Waals surface area contributed by atoms with Crippen molar-refractivity contribution < 1.29 is 4.52 Å². The maximum Gasteiger partial charge on any atom is 0.257 e. The summed E-state index contributed by atoms with van der Waals surface area (Å²) < 4.78 is 6.51. The van der Waals surface area contributed by atoms with Gasteiger partial charge in [0.25, 0.3) is 5.89 Å². The molecule has 1 unspecified atom stereocenters. The van der Waals surface area contributed by atoms with Crippen molar-refractivity contribution in [3.63, 3.8) is 0 Å². The lowest BCUT2D eigenvalue weighted by Crippen LogP contribution is -2.21. The number of hydrogen-bond acceptors (Lipinski definition) is 4. The molecular formula is C15H18BrN3O. The number of nitrogens with zero attached hydrogens (tertiary/aromatic N) is 2. The number of aryl methyl sites for hydroxylation is 1. The topological polar surface area (TPSA) is 51.0 Å². The molecule has 0 amide bonds. The van der Waals surface area contributed by atoms with Crippen LogP contribution < -0.4 is 5.32 Å². The van der Waals surface area contributed by atoms with Gasteiger partial charge >= 0.3 is 0 Å². The van der Waals surface area contributed by atoms with Gasteiger partial charge in [0.1, 0.15) is 0 Å². The third kappa shape index (κ3) is 2.94. The van der Waals surface area contributed by atoms with Crippen LogP contribution in [0.2, 0.25) is 0 Å². The van der Waals surface area contributed by atoms with Gasteiger partial charge in [0, 0.05) is 10.0 Å². The van der Waals surface area contributed by atoms with Gasteiger partial charge in [-0.15, -0.1) is 0 Å². The molecule has 0 saturated carbocycles. The molecule has 0 aliphatic carbocycles. The van der Waals surface area contributed by atoms with Crippen LogP contribution >= 0.6 is 15.9 Å². The second-order valence-corrected chi connectivity index (χ2v) is 6.13. The fraction of sp³-hybridized carbons (Fsp3) is 0.467. The molecule has 106 valence electrons. The van der Waals surface area contributed by atoms with Crippen LogP contribution in [0.25, 0.3) is 11.5 Å². The third-order valence-corrected chi connectivity index (χ3v) is 4.61. The Morgan fingerprint density at radius 3 is 3.05 bits per heavy atom. The Bertz CT molecular complexity index is 589. The van der Waals surface area contributed by atoms with E-state index in [9.17, 15) is 0 Å². The van der Waals surface area contributed by atoms with E-state index in [-0.39, 0.29) is 6.04 Å². The summed E-state index contributed by atoms with van der Waals surface area (Å²) in [5, 5.41) is 7.64. The zero-order valence-electron chi connectivity index (χ0n) is 11.5. The normalized spacial score (nSPS) is 19.8. The average molecular weight is 336 g/mol. The number of aromatic nitrogens is 2. The highest BCUT2D eigenvalue weighted by molar-refractivity contribution is 9.10. The largest absolute Gasteiger partial charge is 0.334 e. The molecule has 1 aliphatic rings. The molecule has 1 N–H and O–H groups in total. The molecule has 3 rings (SSSR count). The minimum absolute atomic E-state index is 0.228. The van der Waals surface area contributed by atoms with Crippen molar-refractivity contribution in [1.29, 1.82) is 0 Å². The average Bonchev–Trinajstić information content (AvgIpc) is 2.78. The predicted octanol–water partition coefficient (Wildman–Crippen LogP) is 4.01. The van der Waals surface area contributed by atoms with E-state index in [1.807, 2.05) is 12.1 Å². The summed E-state index contributed by atoms with van der Waals surface area (Å²) in [5.41, 5.74) is 2.13. The molecule has 0 radical (unpaired) electrons. The van der Waals surface area contributed by atoms with Crippen molar-refractivity contribution in [2.75, 3.05) is 6.54 Å². The SMILES string of the molecule is Cc1cc(-c2nc(C3CCCCCN3)no2)ccc1Br. The Morgan fingerprint density at radius 2 is 2.20 bits per heavy atom. The Kier molecular flexibility index (Phi) is 4.17. The van der Waals surface area contributed by atoms with Gasteiger partial charge in [0.05, 0.1) is 6.04 Å². The molecule has 1 fully saturated rings. The molecular weight excluding hydrogens is 318 g/mol. The highest BCUT2D eigenvalue weighted by atomic mass is 79.9. The van der Waals surface area contributed by atoms with E-state index < -0.39 is 0 Å². The molecule has 5 heteroatoms. The van der Waals surface area contributed by atoms with Crippen molar-refractivity contribution in [2.24, 2.45) is 0 Å². The van der Waals surface area contributed by atoms with Gasteiger partial charge in [0.2, 0.25) is 0 Å². The number of nitrogens with one attached hydrogen (secondary N) is 1. The van der Waals surface area contributed by atoms with Gasteiger partial charge in [-0.25, -0.2) is 0 Å². The Morgan fingerprint density at radius 1 is 1.30 bits per heavy atom. The first-order valence-electron chi connectivity index (χ1n) is 7.07. The fourth-order valence-electron chi connectivity index (χ4n) is 2.52. The zero-order valence-corrected chi connectivity index (χ0v) is 13.1. The molecule has 20 heavy (non-hydrogen) atoms. The van der Waals surface area contributed by atoms with Gasteiger partial charge in [-0.2, -0.15) is 4.98 Å². The van der Waals surface area contributed by atoms with Gasteiger partial charge in [-0.3, -0.25) is 0 Å². The van der Waals surface area contributed by atoms with Crippen LogP contribution in [0, 0.1) is 6.92 Å². The van der Waals surface area contributed by atoms with E-state index in [1.165, 1.54) is 19.3 Å². The predicted molar refractivity (Wildman–Crippen MR) is 81.4 cm³/mol. The molecule has 1 aromatic carbocycles. The Labute approximate surface area is 127 Å². The van der Waals surface area contributed by atoms with E-state index in [1.54, 1.807) is 0 Å². The lowest BCUT2D eigenvalue weighted by molar-refractivity contribution is 0.402. The number of benzene rings is 1. The highest BCUT2D eigenvalue weighted by Gasteiger charge is 2.20. The molecule has 1 atom stereocenters. The standard InChI is InChI=1S/C15H18BrN3O/c1-10-9-11(6-7-12(10)16)15-18-14(19-20-15)13-5-3-2-4-8-17-13/h6-7,9,13,17H,2-5,8H2,1H3. The van der Waals surface area contributed by atoms with Crippen molar-refractivity contribution >= 4 is 15.9 Å². The smallest absolute Gasteiger partial charge is 0.257 e. The van der Waals surface area contributed by atoms with Gasteiger partial charge in [0.15, 0.2) is 5.82 Å². The second-order valence-electron chi connectivity index (χ2n) is 5.28. The summed E-state index contributed by atoms with van der Waals surface area (Å²) in [6, 6.07) is 6.29. The molecule has 1 aromatic heterocycles. The third-order valence-electron chi connectivity index (χ3n) is 3.72. The number of hydrogen-bond donors (Lipinski definition) is 1. The number of rotatable bonds is 2. The minimum Gasteiger partial charge on any atom is -0.334 e. The number of halogens is 1. The maximum atomic E-state index is 5.42. The van der Waals surface area contributed by atoms with Crippen molar-refractivity contribution in [3.05, 3.63) is 34.1 Å². The van der Waals surface area contributed by atoms with Crippen LogP contribution in [0.4, 0.5) is 0 Å². The monoisotopic (exact) mass is 335 g/mol. The quantitative estimate of drug-likeness (QED) is 0.900. The lowest BCUT2D eigenvalue weighted by Gasteiger charge is -2.09. The Balaban J connectivity index is 1.83. The maximum absolute atomic E-state index is 5.42. The molecule has 4 nitrogen and oxygen atoms in total. The summed E-state index contributed by atoms with van der Waals surface area (Å²) in [6.45, 7) is 3.09.